The summed E-state index contributed by atoms with van der Waals surface area (Å²) in [6.45, 7) is 2.12. The molecule has 0 radical (unpaired) electrons. The van der Waals surface area contributed by atoms with E-state index in [4.69, 9.17) is 4.74 Å². The van der Waals surface area contributed by atoms with E-state index in [1.807, 2.05) is 55.5 Å². The van der Waals surface area contributed by atoms with E-state index < -0.39 is 5.97 Å². The number of hydrogen-bond donors (Lipinski definition) is 0. The van der Waals surface area contributed by atoms with Crippen LogP contribution in [0.25, 0.3) is 0 Å². The molecule has 0 bridgehead atoms. The van der Waals surface area contributed by atoms with E-state index in [2.05, 4.69) is 4.98 Å². The third kappa shape index (κ3) is 4.61. The Bertz CT molecular complexity index is 1170. The summed E-state index contributed by atoms with van der Waals surface area (Å²) in [5, 5.41) is 0. The van der Waals surface area contributed by atoms with E-state index in [0.29, 0.717) is 16.8 Å². The van der Waals surface area contributed by atoms with E-state index in [-0.39, 0.29) is 18.4 Å². The monoisotopic (exact) mass is 410 g/mol. The van der Waals surface area contributed by atoms with E-state index >= 15 is 0 Å². The molecule has 4 aromatic rings. The molecule has 0 spiro atoms. The van der Waals surface area contributed by atoms with Crippen LogP contribution in [0.15, 0.2) is 97.5 Å². The van der Waals surface area contributed by atoms with Crippen LogP contribution < -0.4 is 0 Å². The van der Waals surface area contributed by atoms with Crippen LogP contribution in [0.1, 0.15) is 50.5 Å². The van der Waals surface area contributed by atoms with Crippen LogP contribution in [0.2, 0.25) is 0 Å². The number of rotatable bonds is 7. The minimum absolute atomic E-state index is 0.0389. The zero-order valence-corrected chi connectivity index (χ0v) is 17.1. The first kappa shape index (κ1) is 20.3. The third-order valence-corrected chi connectivity index (χ3v) is 5.20. The molecule has 0 fully saturated rings. The fourth-order valence-electron chi connectivity index (χ4n) is 3.39. The first-order valence-electron chi connectivity index (χ1n) is 10.1. The van der Waals surface area contributed by atoms with Crippen LogP contribution in [0.3, 0.4) is 0 Å². The molecule has 0 saturated heterocycles. The highest BCUT2D eigenvalue weighted by atomic mass is 16.5. The molecule has 31 heavy (non-hydrogen) atoms. The molecule has 3 aromatic carbocycles. The van der Waals surface area contributed by atoms with Gasteiger partial charge in [-0.15, -0.1) is 0 Å². The van der Waals surface area contributed by atoms with Crippen molar-refractivity contribution in [3.63, 3.8) is 0 Å². The topological polar surface area (TPSA) is 61.2 Å². The molecule has 0 saturated carbocycles. The molecular weight excluding hydrogens is 388 g/mol. The molecule has 0 N–H and O–H groups in total. The van der Waals surface area contributed by atoms with Gasteiger partial charge in [0.15, 0.2) is 5.78 Å². The molecule has 5 heteroatoms. The quantitative estimate of drug-likeness (QED) is 0.315. The van der Waals surface area contributed by atoms with Crippen LogP contribution in [0, 0.1) is 0 Å². The second-order valence-electron chi connectivity index (χ2n) is 7.24. The van der Waals surface area contributed by atoms with Crippen molar-refractivity contribution in [1.82, 2.24) is 9.55 Å². The summed E-state index contributed by atoms with van der Waals surface area (Å²) in [5.41, 5.74) is 3.51. The Balaban J connectivity index is 1.41. The molecule has 1 atom stereocenters. The van der Waals surface area contributed by atoms with Gasteiger partial charge in [0.2, 0.25) is 0 Å². The van der Waals surface area contributed by atoms with Crippen molar-refractivity contribution in [2.45, 2.75) is 19.6 Å². The van der Waals surface area contributed by atoms with Gasteiger partial charge in [-0.1, -0.05) is 84.9 Å². The number of carbonyl (C=O) groups excluding carboxylic acids is 2. The first-order chi connectivity index (χ1) is 15.1. The van der Waals surface area contributed by atoms with Gasteiger partial charge in [0.1, 0.15) is 12.3 Å². The van der Waals surface area contributed by atoms with Gasteiger partial charge in [-0.2, -0.15) is 0 Å². The second kappa shape index (κ2) is 9.22. The smallest absolute Gasteiger partial charge is 0.356 e. The highest BCUT2D eigenvalue weighted by Gasteiger charge is 2.18. The Morgan fingerprint density at radius 2 is 1.48 bits per heavy atom. The predicted octanol–water partition coefficient (Wildman–Crippen LogP) is 5.08. The van der Waals surface area contributed by atoms with E-state index in [9.17, 15) is 9.59 Å². The molecule has 5 nitrogen and oxygen atoms in total. The number of hydrogen-bond acceptors (Lipinski definition) is 4. The zero-order chi connectivity index (χ0) is 21.6. The van der Waals surface area contributed by atoms with Gasteiger partial charge in [-0.05, 0) is 18.1 Å². The Kier molecular flexibility index (Phi) is 6.03. The average molecular weight is 410 g/mol. The first-order valence-corrected chi connectivity index (χ1v) is 10.1. The lowest BCUT2D eigenvalue weighted by atomic mass is 10.0. The van der Waals surface area contributed by atoms with Crippen molar-refractivity contribution in [3.05, 3.63) is 125 Å². The van der Waals surface area contributed by atoms with Crippen molar-refractivity contribution in [2.75, 3.05) is 0 Å². The predicted molar refractivity (Wildman–Crippen MR) is 118 cm³/mol. The third-order valence-electron chi connectivity index (χ3n) is 5.20. The summed E-state index contributed by atoms with van der Waals surface area (Å²) in [7, 11) is 0. The SMILES string of the molecule is C[C@H](c1ccccc1)n1cncc1C(=O)OCc1ccc(C(=O)c2ccccc2)cc1. The van der Waals surface area contributed by atoms with Gasteiger partial charge in [0, 0.05) is 11.1 Å². The number of ether oxygens (including phenoxy) is 1. The summed E-state index contributed by atoms with van der Waals surface area (Å²) >= 11 is 0. The number of benzene rings is 3. The molecule has 0 aliphatic carbocycles. The van der Waals surface area contributed by atoms with Crippen LogP contribution in [-0.4, -0.2) is 21.3 Å². The number of aromatic nitrogens is 2. The maximum absolute atomic E-state index is 12.7. The van der Waals surface area contributed by atoms with E-state index in [1.54, 1.807) is 47.3 Å². The van der Waals surface area contributed by atoms with E-state index in [0.717, 1.165) is 11.1 Å². The molecule has 154 valence electrons. The maximum atomic E-state index is 12.7. The van der Waals surface area contributed by atoms with Gasteiger partial charge in [0.25, 0.3) is 0 Å². The van der Waals surface area contributed by atoms with Crippen molar-refractivity contribution in [2.24, 2.45) is 0 Å². The second-order valence-corrected chi connectivity index (χ2v) is 7.24. The maximum Gasteiger partial charge on any atom is 0.356 e. The minimum Gasteiger partial charge on any atom is -0.456 e. The lowest BCUT2D eigenvalue weighted by molar-refractivity contribution is 0.0458. The van der Waals surface area contributed by atoms with Gasteiger partial charge >= 0.3 is 5.97 Å². The molecule has 1 heterocycles. The molecule has 1 aromatic heterocycles. The minimum atomic E-state index is -0.440. The number of ketones is 1. The molecule has 0 unspecified atom stereocenters. The summed E-state index contributed by atoms with van der Waals surface area (Å²) in [6, 6.07) is 26.1. The number of carbonyl (C=O) groups is 2. The van der Waals surface area contributed by atoms with Gasteiger partial charge in [0.05, 0.1) is 18.6 Å². The normalized spacial score (nSPS) is 11.6. The summed E-state index contributed by atoms with van der Waals surface area (Å²) in [6.07, 6.45) is 3.15. The fraction of sp³-hybridized carbons (Fsp3) is 0.115. The fourth-order valence-corrected chi connectivity index (χ4v) is 3.39. The largest absolute Gasteiger partial charge is 0.456 e. The van der Waals surface area contributed by atoms with Crippen molar-refractivity contribution < 1.29 is 14.3 Å². The van der Waals surface area contributed by atoms with Crippen LogP contribution in [0.5, 0.6) is 0 Å². The standard InChI is InChI=1S/C26H22N2O3/c1-19(21-8-4-2-5-9-21)28-18-27-16-24(28)26(30)31-17-20-12-14-23(15-13-20)25(29)22-10-6-3-7-11-22/h2-16,18-19H,17H2,1H3/t19-/m1/s1. The highest BCUT2D eigenvalue weighted by molar-refractivity contribution is 6.08. The van der Waals surface area contributed by atoms with Crippen molar-refractivity contribution >= 4 is 11.8 Å². The Morgan fingerprint density at radius 1 is 0.871 bits per heavy atom. The number of imidazole rings is 1. The lowest BCUT2D eigenvalue weighted by Crippen LogP contribution is -2.15. The van der Waals surface area contributed by atoms with Gasteiger partial charge in [-0.3, -0.25) is 4.79 Å². The molecular formula is C26H22N2O3. The Hall–Kier alpha value is -3.99. The van der Waals surface area contributed by atoms with Gasteiger partial charge in [-0.25, -0.2) is 9.78 Å². The van der Waals surface area contributed by atoms with Crippen LogP contribution in [0.4, 0.5) is 0 Å². The molecule has 4 rings (SSSR count). The van der Waals surface area contributed by atoms with E-state index in [1.165, 1.54) is 6.20 Å². The lowest BCUT2D eigenvalue weighted by Gasteiger charge is -2.16. The molecule has 0 aliphatic heterocycles. The summed E-state index contributed by atoms with van der Waals surface area (Å²) in [5.74, 6) is -0.479. The summed E-state index contributed by atoms with van der Waals surface area (Å²) < 4.78 is 7.30. The van der Waals surface area contributed by atoms with Crippen molar-refractivity contribution in [1.29, 1.82) is 0 Å². The van der Waals surface area contributed by atoms with Crippen molar-refractivity contribution in [3.8, 4) is 0 Å². The Morgan fingerprint density at radius 3 is 2.16 bits per heavy atom. The highest BCUT2D eigenvalue weighted by Crippen LogP contribution is 2.20. The number of nitrogens with zero attached hydrogens (tertiary/aromatic N) is 2. The Labute approximate surface area is 181 Å². The summed E-state index contributed by atoms with van der Waals surface area (Å²) in [4.78, 5) is 29.3. The van der Waals surface area contributed by atoms with Crippen LogP contribution >= 0.6 is 0 Å². The molecule has 0 aliphatic rings. The molecule has 0 amide bonds. The number of esters is 1. The van der Waals surface area contributed by atoms with Crippen LogP contribution in [-0.2, 0) is 11.3 Å². The van der Waals surface area contributed by atoms with Gasteiger partial charge < -0.3 is 9.30 Å². The zero-order valence-electron chi connectivity index (χ0n) is 17.1. The average Bonchev–Trinajstić information content (AvgIpc) is 3.33.